The van der Waals surface area contributed by atoms with Crippen molar-refractivity contribution in [2.24, 2.45) is 0 Å². The molecule has 0 aliphatic carbocycles. The molecule has 0 bridgehead atoms. The Hall–Kier alpha value is -1.91. The second kappa shape index (κ2) is 13.6. The summed E-state index contributed by atoms with van der Waals surface area (Å²) in [6.45, 7) is 4.60. The molecule has 1 heteroatoms. The van der Waals surface area contributed by atoms with Crippen molar-refractivity contribution in [3.63, 3.8) is 0 Å². The van der Waals surface area contributed by atoms with E-state index in [4.69, 9.17) is 0 Å². The number of aryl methyl sites for hydroxylation is 1. The van der Waals surface area contributed by atoms with Crippen LogP contribution in [0.5, 0.6) is 0 Å². The molecule has 0 radical (unpaired) electrons. The van der Waals surface area contributed by atoms with Crippen molar-refractivity contribution in [2.75, 3.05) is 6.16 Å². The van der Waals surface area contributed by atoms with Crippen molar-refractivity contribution in [1.82, 2.24) is 0 Å². The van der Waals surface area contributed by atoms with Gasteiger partial charge >= 0.3 is 198 Å². The van der Waals surface area contributed by atoms with Crippen LogP contribution in [-0.4, -0.2) is 6.16 Å². The van der Waals surface area contributed by atoms with Gasteiger partial charge in [0.25, 0.3) is 0 Å². The van der Waals surface area contributed by atoms with Crippen molar-refractivity contribution >= 4 is 23.2 Å². The molecule has 3 aromatic rings. The SMILES string of the molecule is CCCCCCCCCCCC[PH](c1ccccc1)(c1ccccc1)c1ccccc1C. The Morgan fingerprint density at radius 2 is 0.938 bits per heavy atom. The Balaban J connectivity index is 1.76. The summed E-state index contributed by atoms with van der Waals surface area (Å²) in [6.07, 6.45) is 15.2. The van der Waals surface area contributed by atoms with E-state index in [2.05, 4.69) is 98.8 Å². The molecule has 3 aromatic carbocycles. The van der Waals surface area contributed by atoms with Crippen LogP contribution in [0.2, 0.25) is 0 Å². The first kappa shape index (κ1) is 24.7. The molecule has 32 heavy (non-hydrogen) atoms. The Labute approximate surface area is 197 Å². The molecule has 0 aliphatic heterocycles. The molecule has 3 rings (SSSR count). The van der Waals surface area contributed by atoms with Gasteiger partial charge in [-0.3, -0.25) is 0 Å². The Kier molecular flexibility index (Phi) is 10.5. The predicted octanol–water partition coefficient (Wildman–Crippen LogP) is 7.94. The zero-order valence-electron chi connectivity index (χ0n) is 20.4. The molecule has 0 unspecified atom stereocenters. The summed E-state index contributed by atoms with van der Waals surface area (Å²) in [6, 6.07) is 32.0. The van der Waals surface area contributed by atoms with E-state index in [9.17, 15) is 0 Å². The number of hydrogen-bond donors (Lipinski definition) is 0. The molecule has 0 nitrogen and oxygen atoms in total. The van der Waals surface area contributed by atoms with Gasteiger partial charge in [0.15, 0.2) is 0 Å². The zero-order valence-corrected chi connectivity index (χ0v) is 21.4. The predicted molar refractivity (Wildman–Crippen MR) is 148 cm³/mol. The number of benzene rings is 3. The van der Waals surface area contributed by atoms with Gasteiger partial charge in [-0.05, 0) is 0 Å². The van der Waals surface area contributed by atoms with E-state index in [0.29, 0.717) is 0 Å². The average Bonchev–Trinajstić information content (AvgIpc) is 2.85. The van der Waals surface area contributed by atoms with Crippen LogP contribution >= 0.6 is 7.26 Å². The fraction of sp³-hybridized carbons (Fsp3) is 0.419. The summed E-state index contributed by atoms with van der Waals surface area (Å²) in [7, 11) is -2.06. The van der Waals surface area contributed by atoms with Gasteiger partial charge in [0.2, 0.25) is 0 Å². The van der Waals surface area contributed by atoms with Gasteiger partial charge in [0, 0.05) is 0 Å². The van der Waals surface area contributed by atoms with Crippen molar-refractivity contribution in [1.29, 1.82) is 0 Å². The van der Waals surface area contributed by atoms with Gasteiger partial charge in [0.05, 0.1) is 0 Å². The molecule has 0 aliphatic rings. The molecule has 0 heterocycles. The van der Waals surface area contributed by atoms with Crippen LogP contribution in [0.1, 0.15) is 76.7 Å². The van der Waals surface area contributed by atoms with Crippen LogP contribution in [0.4, 0.5) is 0 Å². The monoisotopic (exact) mass is 446 g/mol. The number of unbranched alkanes of at least 4 members (excludes halogenated alkanes) is 9. The third kappa shape index (κ3) is 6.55. The molecular weight excluding hydrogens is 403 g/mol. The summed E-state index contributed by atoms with van der Waals surface area (Å²) < 4.78 is 0. The summed E-state index contributed by atoms with van der Waals surface area (Å²) in [5, 5.41) is 4.70. The summed E-state index contributed by atoms with van der Waals surface area (Å²) >= 11 is 0. The van der Waals surface area contributed by atoms with Crippen molar-refractivity contribution in [2.45, 2.75) is 78.1 Å². The van der Waals surface area contributed by atoms with E-state index < -0.39 is 7.26 Å². The third-order valence-electron chi connectivity index (χ3n) is 7.04. The molecule has 0 spiro atoms. The van der Waals surface area contributed by atoms with Crippen molar-refractivity contribution in [3.05, 3.63) is 90.5 Å². The summed E-state index contributed by atoms with van der Waals surface area (Å²) in [5.41, 5.74) is 1.44. The van der Waals surface area contributed by atoms with Crippen LogP contribution in [-0.2, 0) is 0 Å². The Bertz CT molecular complexity index is 845. The molecule has 0 saturated heterocycles. The van der Waals surface area contributed by atoms with E-state index >= 15 is 0 Å². The molecule has 0 amide bonds. The van der Waals surface area contributed by atoms with E-state index in [1.165, 1.54) is 75.9 Å². The van der Waals surface area contributed by atoms with Crippen molar-refractivity contribution in [3.8, 4) is 0 Å². The second-order valence-corrected chi connectivity index (χ2v) is 13.4. The zero-order chi connectivity index (χ0) is 22.5. The maximum absolute atomic E-state index is 2.41. The van der Waals surface area contributed by atoms with Gasteiger partial charge in [0.1, 0.15) is 0 Å². The first-order chi connectivity index (χ1) is 15.8. The fourth-order valence-electron chi connectivity index (χ4n) is 5.28. The second-order valence-electron chi connectivity index (χ2n) is 9.38. The fourth-order valence-corrected chi connectivity index (χ4v) is 10.5. The van der Waals surface area contributed by atoms with Gasteiger partial charge in [-0.15, -0.1) is 0 Å². The minimum absolute atomic E-state index is 1.29. The van der Waals surface area contributed by atoms with E-state index in [0.717, 1.165) is 0 Å². The molecule has 0 fully saturated rings. The van der Waals surface area contributed by atoms with Gasteiger partial charge in [-0.2, -0.15) is 0 Å². The maximum atomic E-state index is 2.41. The quantitative estimate of drug-likeness (QED) is 0.174. The van der Waals surface area contributed by atoms with Gasteiger partial charge in [-0.1, -0.05) is 0 Å². The van der Waals surface area contributed by atoms with Gasteiger partial charge in [-0.25, -0.2) is 0 Å². The molecular formula is C31H43P. The van der Waals surface area contributed by atoms with E-state index in [1.807, 2.05) is 0 Å². The standard InChI is InChI=1S/C31H43P/c1-3-4-5-6-7-8-9-10-11-20-27-32(29-22-14-12-15-23-29,30-24-16-13-17-25-30)31-26-19-18-21-28(31)2/h12-19,21-26,32H,3-11,20,27H2,1-2H3. The normalized spacial score (nSPS) is 12.1. The Morgan fingerprint density at radius 1 is 0.500 bits per heavy atom. The first-order valence-electron chi connectivity index (χ1n) is 13.0. The average molecular weight is 447 g/mol. The summed E-state index contributed by atoms with van der Waals surface area (Å²) in [5.74, 6) is 0. The van der Waals surface area contributed by atoms with Crippen LogP contribution in [0.25, 0.3) is 0 Å². The van der Waals surface area contributed by atoms with Gasteiger partial charge < -0.3 is 0 Å². The molecule has 0 N–H and O–H groups in total. The summed E-state index contributed by atoms with van der Waals surface area (Å²) in [4.78, 5) is 0. The number of hydrogen-bond acceptors (Lipinski definition) is 0. The van der Waals surface area contributed by atoms with Crippen LogP contribution in [0, 0.1) is 6.92 Å². The van der Waals surface area contributed by atoms with Crippen LogP contribution in [0.15, 0.2) is 84.9 Å². The van der Waals surface area contributed by atoms with E-state index in [-0.39, 0.29) is 0 Å². The topological polar surface area (TPSA) is 0 Å². The van der Waals surface area contributed by atoms with Crippen molar-refractivity contribution < 1.29 is 0 Å². The Morgan fingerprint density at radius 3 is 1.44 bits per heavy atom. The van der Waals surface area contributed by atoms with E-state index in [1.54, 1.807) is 15.9 Å². The molecule has 0 atom stereocenters. The molecule has 0 saturated carbocycles. The third-order valence-corrected chi connectivity index (χ3v) is 12.3. The van der Waals surface area contributed by atoms with Crippen LogP contribution in [0.3, 0.4) is 0 Å². The molecule has 0 aromatic heterocycles. The van der Waals surface area contributed by atoms with Crippen LogP contribution < -0.4 is 15.9 Å². The molecule has 172 valence electrons. The minimum atomic E-state index is -2.06. The first-order valence-corrected chi connectivity index (χ1v) is 15.2. The number of rotatable bonds is 14.